The number of hydrogen-bond acceptors (Lipinski definition) is 4. The maximum Gasteiger partial charge on any atom is 0.224 e. The molecule has 0 saturated carbocycles. The Morgan fingerprint density at radius 1 is 1.42 bits per heavy atom. The summed E-state index contributed by atoms with van der Waals surface area (Å²) in [6, 6.07) is 6.85. The van der Waals surface area contributed by atoms with Gasteiger partial charge in [0.15, 0.2) is 5.69 Å². The second-order valence-electron chi connectivity index (χ2n) is 2.46. The molecule has 1 aliphatic heterocycles. The summed E-state index contributed by atoms with van der Waals surface area (Å²) in [5.41, 5.74) is 7.70. The summed E-state index contributed by atoms with van der Waals surface area (Å²) < 4.78 is -1.13. The number of quaternary nitrogens is 1. The van der Waals surface area contributed by atoms with Gasteiger partial charge in [-0.05, 0) is 6.07 Å². The molecule has 0 aliphatic carbocycles. The van der Waals surface area contributed by atoms with Crippen LogP contribution < -0.4 is 4.76 Å². The Labute approximate surface area is 68.6 Å². The molecule has 1 aliphatic rings. The van der Waals surface area contributed by atoms with Gasteiger partial charge in [-0.2, -0.15) is 10.5 Å². The molecule has 60 valence electrons. The molecule has 0 aromatic heterocycles. The van der Waals surface area contributed by atoms with E-state index >= 15 is 0 Å². The molecule has 0 amide bonds. The van der Waals surface area contributed by atoms with Crippen LogP contribution >= 0.6 is 0 Å². The minimum absolute atomic E-state index is 0.396. The first-order valence-corrected chi connectivity index (χ1v) is 3.40. The summed E-state index contributed by atoms with van der Waals surface area (Å²) in [5.74, 6) is 0. The number of benzene rings is 1. The molecule has 0 saturated heterocycles. The van der Waals surface area contributed by atoms with Crippen LogP contribution in [0.4, 0.5) is 11.4 Å². The van der Waals surface area contributed by atoms with Gasteiger partial charge in [0.2, 0.25) is 6.34 Å². The van der Waals surface area contributed by atoms with E-state index in [1.807, 2.05) is 0 Å². The van der Waals surface area contributed by atoms with Crippen LogP contribution in [-0.4, -0.2) is 6.34 Å². The molecule has 1 atom stereocenters. The molecule has 2 rings (SSSR count). The molecular weight excluding hydrogens is 156 g/mol. The van der Waals surface area contributed by atoms with Gasteiger partial charge in [0.05, 0.1) is 0 Å². The standard InChI is InChI=1S/C7H6N4O/c8-10-11(12)5-9-6-3-1-2-4-7(6)11/h1-5,8H. The molecular formula is C7H6N4O. The van der Waals surface area contributed by atoms with Gasteiger partial charge in [-0.25, -0.2) is 0 Å². The maximum absolute atomic E-state index is 11.5. The molecule has 0 bridgehead atoms. The Morgan fingerprint density at radius 3 is 2.92 bits per heavy atom. The highest BCUT2D eigenvalue weighted by Gasteiger charge is 2.27. The largest absolute Gasteiger partial charge is 0.592 e. The quantitative estimate of drug-likeness (QED) is 0.383. The van der Waals surface area contributed by atoms with Gasteiger partial charge >= 0.3 is 0 Å². The summed E-state index contributed by atoms with van der Waals surface area (Å²) in [7, 11) is 0. The van der Waals surface area contributed by atoms with Crippen molar-refractivity contribution in [2.24, 2.45) is 10.2 Å². The monoisotopic (exact) mass is 162 g/mol. The number of aliphatic imine (C=N–C) groups is 1. The predicted molar refractivity (Wildman–Crippen MR) is 44.9 cm³/mol. The fourth-order valence-corrected chi connectivity index (χ4v) is 1.13. The van der Waals surface area contributed by atoms with Crippen LogP contribution in [0.25, 0.3) is 0 Å². The molecule has 1 heterocycles. The summed E-state index contributed by atoms with van der Waals surface area (Å²) in [5, 5.41) is 14.5. The van der Waals surface area contributed by atoms with E-state index < -0.39 is 4.76 Å². The number of hydrogen-bond donors (Lipinski definition) is 1. The van der Waals surface area contributed by atoms with Crippen molar-refractivity contribution in [3.63, 3.8) is 0 Å². The molecule has 12 heavy (non-hydrogen) atoms. The first kappa shape index (κ1) is 7.08. The highest BCUT2D eigenvalue weighted by molar-refractivity contribution is 5.88. The number of para-hydroxylation sites is 2. The van der Waals surface area contributed by atoms with Gasteiger partial charge in [0.1, 0.15) is 5.69 Å². The number of rotatable bonds is 1. The van der Waals surface area contributed by atoms with Crippen molar-refractivity contribution >= 4 is 17.7 Å². The van der Waals surface area contributed by atoms with Crippen molar-refractivity contribution in [3.8, 4) is 0 Å². The first-order valence-electron chi connectivity index (χ1n) is 3.40. The average molecular weight is 162 g/mol. The van der Waals surface area contributed by atoms with Crippen LogP contribution in [0.2, 0.25) is 0 Å². The van der Waals surface area contributed by atoms with Gasteiger partial charge in [-0.3, -0.25) is 0 Å². The molecule has 1 aromatic rings. The minimum atomic E-state index is -1.13. The Bertz CT molecular complexity index is 362. The highest BCUT2D eigenvalue weighted by Crippen LogP contribution is 2.36. The van der Waals surface area contributed by atoms with Gasteiger partial charge in [-0.15, -0.1) is 4.76 Å². The van der Waals surface area contributed by atoms with E-state index in [0.29, 0.717) is 11.4 Å². The van der Waals surface area contributed by atoms with Gasteiger partial charge in [0, 0.05) is 11.3 Å². The van der Waals surface area contributed by atoms with E-state index in [9.17, 15) is 5.21 Å². The highest BCUT2D eigenvalue weighted by atomic mass is 16.6. The lowest BCUT2D eigenvalue weighted by molar-refractivity contribution is 0.545. The van der Waals surface area contributed by atoms with Crippen molar-refractivity contribution in [1.82, 2.24) is 4.76 Å². The van der Waals surface area contributed by atoms with Crippen LogP contribution in [0.1, 0.15) is 0 Å². The summed E-state index contributed by atoms with van der Waals surface area (Å²) in [6.45, 7) is 0. The van der Waals surface area contributed by atoms with Crippen molar-refractivity contribution in [1.29, 1.82) is 5.53 Å². The van der Waals surface area contributed by atoms with Crippen LogP contribution in [0, 0.1) is 10.7 Å². The maximum atomic E-state index is 11.5. The molecule has 1 aromatic carbocycles. The Morgan fingerprint density at radius 2 is 2.17 bits per heavy atom. The topological polar surface area (TPSA) is 71.6 Å². The van der Waals surface area contributed by atoms with Gasteiger partial charge in [-0.1, -0.05) is 12.1 Å². The number of fused-ring (bicyclic) bond motifs is 1. The third-order valence-electron chi connectivity index (χ3n) is 1.73. The number of nitrogens with zero attached hydrogens (tertiary/aromatic N) is 3. The minimum Gasteiger partial charge on any atom is -0.592 e. The van der Waals surface area contributed by atoms with Gasteiger partial charge in [0.25, 0.3) is 0 Å². The van der Waals surface area contributed by atoms with Crippen LogP contribution in [0.3, 0.4) is 0 Å². The van der Waals surface area contributed by atoms with E-state index in [0.717, 1.165) is 6.34 Å². The summed E-state index contributed by atoms with van der Waals surface area (Å²) >= 11 is 0. The molecule has 0 fully saturated rings. The average Bonchev–Trinajstić information content (AvgIpc) is 2.46. The first-order chi connectivity index (χ1) is 5.76. The van der Waals surface area contributed by atoms with E-state index in [-0.39, 0.29) is 0 Å². The van der Waals surface area contributed by atoms with Crippen LogP contribution in [0.15, 0.2) is 34.5 Å². The molecule has 5 heteroatoms. The third-order valence-corrected chi connectivity index (χ3v) is 1.73. The molecule has 1 N–H and O–H groups in total. The Kier molecular flexibility index (Phi) is 1.30. The van der Waals surface area contributed by atoms with Crippen molar-refractivity contribution in [2.75, 3.05) is 0 Å². The smallest absolute Gasteiger partial charge is 0.224 e. The predicted octanol–water partition coefficient (Wildman–Crippen LogP) is 2.11. The van der Waals surface area contributed by atoms with E-state index in [2.05, 4.69) is 10.2 Å². The molecule has 0 spiro atoms. The van der Waals surface area contributed by atoms with E-state index in [4.69, 9.17) is 5.53 Å². The normalized spacial score (nSPS) is 25.4. The zero-order valence-electron chi connectivity index (χ0n) is 6.14. The lowest BCUT2D eigenvalue weighted by atomic mass is 10.3. The lowest BCUT2D eigenvalue weighted by Crippen LogP contribution is -2.31. The lowest BCUT2D eigenvalue weighted by Gasteiger charge is -2.23. The zero-order valence-corrected chi connectivity index (χ0v) is 6.14. The Balaban J connectivity index is 2.63. The Hall–Kier alpha value is -1.59. The van der Waals surface area contributed by atoms with Crippen molar-refractivity contribution < 1.29 is 0 Å². The molecule has 0 radical (unpaired) electrons. The van der Waals surface area contributed by atoms with Crippen LogP contribution in [0.5, 0.6) is 0 Å². The zero-order chi connectivity index (χ0) is 8.60. The summed E-state index contributed by atoms with van der Waals surface area (Å²) in [4.78, 5) is 3.84. The SMILES string of the molecule is N=N[N+]1([O-])C=Nc2ccccc21. The van der Waals surface area contributed by atoms with Crippen LogP contribution in [-0.2, 0) is 0 Å². The second-order valence-corrected chi connectivity index (χ2v) is 2.46. The second kappa shape index (κ2) is 2.20. The number of nitrogens with one attached hydrogen (secondary N) is 1. The van der Waals surface area contributed by atoms with Crippen molar-refractivity contribution in [3.05, 3.63) is 29.5 Å². The molecule has 5 nitrogen and oxygen atoms in total. The molecule has 1 unspecified atom stereocenters. The number of hydroxylamine groups is 1. The van der Waals surface area contributed by atoms with Crippen molar-refractivity contribution in [2.45, 2.75) is 0 Å². The fourth-order valence-electron chi connectivity index (χ4n) is 1.13. The van der Waals surface area contributed by atoms with E-state index in [1.165, 1.54) is 0 Å². The fraction of sp³-hybridized carbons (Fsp3) is 0. The summed E-state index contributed by atoms with van der Waals surface area (Å²) in [6.07, 6.45) is 1.09. The van der Waals surface area contributed by atoms with Gasteiger partial charge < -0.3 is 5.21 Å². The third kappa shape index (κ3) is 0.775. The van der Waals surface area contributed by atoms with E-state index in [1.54, 1.807) is 24.3 Å².